The van der Waals surface area contributed by atoms with Crippen LogP contribution in [-0.4, -0.2) is 0 Å². The molecule has 0 spiro atoms. The Labute approximate surface area is 92.7 Å². The first-order chi connectivity index (χ1) is 4.24. The van der Waals surface area contributed by atoms with Crippen LogP contribution in [0.25, 0.3) is 0 Å². The molecule has 0 aromatic heterocycles. The Morgan fingerprint density at radius 1 is 0.727 bits per heavy atom. The third-order valence-corrected chi connectivity index (χ3v) is 0. The maximum atomic E-state index is 8.00. The average molecular weight is 217 g/mol. The Morgan fingerprint density at radius 2 is 0.727 bits per heavy atom. The van der Waals surface area contributed by atoms with E-state index in [1.807, 2.05) is 0 Å². The largest absolute Gasteiger partial charge is 2.00 e. The van der Waals surface area contributed by atoms with E-state index in [0.717, 1.165) is 16.0 Å². The van der Waals surface area contributed by atoms with Crippen LogP contribution in [0.5, 0.6) is 0 Å². The molecule has 0 N–H and O–H groups in total. The van der Waals surface area contributed by atoms with Gasteiger partial charge in [0.25, 0.3) is 0 Å². The van der Waals surface area contributed by atoms with E-state index in [2.05, 4.69) is 0 Å². The quantitative estimate of drug-likeness (QED) is 0.253. The first kappa shape index (κ1) is 31.0. The van der Waals surface area contributed by atoms with Gasteiger partial charge in [0.1, 0.15) is 0 Å². The fourth-order valence-electron chi connectivity index (χ4n) is 0. The van der Waals surface area contributed by atoms with Crippen molar-refractivity contribution in [2.45, 2.75) is 0 Å². The van der Waals surface area contributed by atoms with E-state index in [4.69, 9.17) is 30.3 Å². The number of nitrogens with zero attached hydrogens (tertiary/aromatic N) is 3. The number of hydrogen-bond acceptors (Lipinski definition) is 9. The molecule has 0 aliphatic rings. The molecule has 0 atom stereocenters. The van der Waals surface area contributed by atoms with Gasteiger partial charge in [-0.1, -0.05) is 0 Å². The molecule has 0 rings (SSSR count). The molecule has 0 fully saturated rings. The van der Waals surface area contributed by atoms with Crippen LogP contribution >= 0.6 is 0 Å². The standard InChI is InChI=1S/Fe.3HNO2.Na/c;3*2-1-3;/h;3*(H,2,3);/q+2;;;;+1/p-3. The topological polar surface area (TPSA) is 157 Å². The summed E-state index contributed by atoms with van der Waals surface area (Å²) < 4.78 is 0. The van der Waals surface area contributed by atoms with Gasteiger partial charge < -0.3 is 30.3 Å². The van der Waals surface area contributed by atoms with Crippen molar-refractivity contribution in [2.75, 3.05) is 0 Å². The fourth-order valence-corrected chi connectivity index (χ4v) is 0. The van der Waals surface area contributed by atoms with Crippen LogP contribution in [-0.2, 0) is 17.1 Å². The van der Waals surface area contributed by atoms with Crippen molar-refractivity contribution < 1.29 is 46.6 Å². The van der Waals surface area contributed by atoms with E-state index < -0.39 is 0 Å². The van der Waals surface area contributed by atoms with Crippen LogP contribution in [0.2, 0.25) is 0 Å². The van der Waals surface area contributed by atoms with Crippen LogP contribution < -0.4 is 29.6 Å². The fraction of sp³-hybridized carbons (Fsp3) is 0. The van der Waals surface area contributed by atoms with Gasteiger partial charge in [0.05, 0.1) is 0 Å². The van der Waals surface area contributed by atoms with Crippen LogP contribution in [0.4, 0.5) is 0 Å². The van der Waals surface area contributed by atoms with Gasteiger partial charge in [0, 0.05) is 0 Å². The summed E-state index contributed by atoms with van der Waals surface area (Å²) in [6, 6.07) is 0. The van der Waals surface area contributed by atoms with Gasteiger partial charge in [-0.15, -0.1) is 16.0 Å². The summed E-state index contributed by atoms with van der Waals surface area (Å²) in [4.78, 5) is 24.0. The third kappa shape index (κ3) is 7360. The monoisotopic (exact) mass is 217 g/mol. The molecule has 60 valence electrons. The smallest absolute Gasteiger partial charge is 0.444 e. The molecule has 0 aliphatic carbocycles. The maximum absolute atomic E-state index is 8.00. The zero-order chi connectivity index (χ0) is 8.12. The first-order valence-corrected chi connectivity index (χ1v) is 1.10. The van der Waals surface area contributed by atoms with Crippen molar-refractivity contribution in [1.82, 2.24) is 0 Å². The van der Waals surface area contributed by atoms with Gasteiger partial charge in [-0.2, -0.15) is 0 Å². The summed E-state index contributed by atoms with van der Waals surface area (Å²) in [6.07, 6.45) is 0. The Morgan fingerprint density at radius 3 is 0.727 bits per heavy atom. The van der Waals surface area contributed by atoms with Crippen molar-refractivity contribution >= 4 is 0 Å². The molecule has 0 aliphatic heterocycles. The molecule has 0 saturated heterocycles. The normalized spacial score (nSPS) is 3.27. The molecule has 0 radical (unpaired) electrons. The van der Waals surface area contributed by atoms with Crippen molar-refractivity contribution in [3.63, 3.8) is 0 Å². The summed E-state index contributed by atoms with van der Waals surface area (Å²) in [5, 5.41) is 27.0. The zero-order valence-corrected chi connectivity index (χ0v) is 8.25. The Hall–Kier alpha value is -0.281. The Kier molecular flexibility index (Phi) is 281. The second-order valence-corrected chi connectivity index (χ2v) is 0.224. The van der Waals surface area contributed by atoms with Gasteiger partial charge in [-0.25, -0.2) is 0 Å². The van der Waals surface area contributed by atoms with E-state index in [1.165, 1.54) is 0 Å². The molecule has 0 aromatic carbocycles. The maximum Gasteiger partial charge on any atom is 2.00 e. The predicted octanol–water partition coefficient (Wildman–Crippen LogP) is -2.25. The van der Waals surface area contributed by atoms with Gasteiger partial charge in [0.15, 0.2) is 0 Å². The van der Waals surface area contributed by atoms with Crippen molar-refractivity contribution in [2.24, 2.45) is 16.0 Å². The zero-order valence-electron chi connectivity index (χ0n) is 5.14. The van der Waals surface area contributed by atoms with E-state index in [1.54, 1.807) is 0 Å². The van der Waals surface area contributed by atoms with Crippen LogP contribution in [0.3, 0.4) is 0 Å². The van der Waals surface area contributed by atoms with Crippen molar-refractivity contribution in [3.8, 4) is 0 Å². The van der Waals surface area contributed by atoms with Gasteiger partial charge in [0.2, 0.25) is 0 Å². The van der Waals surface area contributed by atoms with Crippen LogP contribution in [0.1, 0.15) is 0 Å². The first-order valence-electron chi connectivity index (χ1n) is 1.10. The van der Waals surface area contributed by atoms with E-state index >= 15 is 0 Å². The van der Waals surface area contributed by atoms with Crippen molar-refractivity contribution in [3.05, 3.63) is 30.3 Å². The molecule has 0 unspecified atom stereocenters. The summed E-state index contributed by atoms with van der Waals surface area (Å²) in [5.41, 5.74) is 0. The number of hydrogen-bond donors (Lipinski definition) is 0. The Balaban J connectivity index is -0.0000000150. The van der Waals surface area contributed by atoms with Crippen molar-refractivity contribution in [1.29, 1.82) is 0 Å². The third-order valence-electron chi connectivity index (χ3n) is 0. The van der Waals surface area contributed by atoms with Gasteiger partial charge >= 0.3 is 46.6 Å². The van der Waals surface area contributed by atoms with Crippen LogP contribution in [0.15, 0.2) is 16.0 Å². The minimum absolute atomic E-state index is 0. The molecule has 0 amide bonds. The minimum Gasteiger partial charge on any atom is -0.444 e. The van der Waals surface area contributed by atoms with E-state index in [9.17, 15) is 0 Å². The average Bonchev–Trinajstić information content (AvgIpc) is 1.70. The molecular formula is FeN3NaO6. The van der Waals surface area contributed by atoms with Crippen LogP contribution in [0, 0.1) is 30.3 Å². The van der Waals surface area contributed by atoms with Gasteiger partial charge in [-0.3, -0.25) is 0 Å². The second-order valence-electron chi connectivity index (χ2n) is 0.224. The molecule has 0 heterocycles. The molecule has 11 heteroatoms. The van der Waals surface area contributed by atoms with E-state index in [0.29, 0.717) is 0 Å². The minimum atomic E-state index is 0. The molecule has 0 bridgehead atoms. The SMILES string of the molecule is O=N[O-].O=N[O-].O=N[O-].[Fe+2].[Na+]. The van der Waals surface area contributed by atoms with Gasteiger partial charge in [-0.05, 0) is 0 Å². The summed E-state index contributed by atoms with van der Waals surface area (Å²) in [7, 11) is 0. The molecule has 0 aromatic rings. The number of rotatable bonds is 0. The second kappa shape index (κ2) is 99.9. The summed E-state index contributed by atoms with van der Waals surface area (Å²) in [5.74, 6) is 0. The Bertz CT molecular complexity index is 54.6. The summed E-state index contributed by atoms with van der Waals surface area (Å²) >= 11 is 0. The van der Waals surface area contributed by atoms with E-state index in [-0.39, 0.29) is 46.6 Å². The molecule has 9 nitrogen and oxygen atoms in total. The predicted molar refractivity (Wildman–Crippen MR) is 27.5 cm³/mol. The molecular weight excluding hydrogens is 217 g/mol. The summed E-state index contributed by atoms with van der Waals surface area (Å²) in [6.45, 7) is 0. The molecule has 11 heavy (non-hydrogen) atoms. The molecule has 0 saturated carbocycles.